The molecular formula is C23H74N2. The van der Waals surface area contributed by atoms with Crippen LogP contribution in [0.3, 0.4) is 0 Å². The summed E-state index contributed by atoms with van der Waals surface area (Å²) in [5.74, 6) is 0. The molecule has 0 aliphatic heterocycles. The van der Waals surface area contributed by atoms with Crippen LogP contribution in [0, 0.1) is 0 Å². The fourth-order valence-electron chi connectivity index (χ4n) is 1.60. The fourth-order valence-corrected chi connectivity index (χ4v) is 1.60. The highest BCUT2D eigenvalue weighted by atomic mass is 15.1. The van der Waals surface area contributed by atoms with Crippen LogP contribution < -0.4 is 0 Å². The van der Waals surface area contributed by atoms with Crippen molar-refractivity contribution in [2.45, 2.75) is 123 Å². The molecule has 0 rings (SSSR count). The van der Waals surface area contributed by atoms with Crippen molar-refractivity contribution in [1.29, 1.82) is 0 Å². The first-order valence-electron chi connectivity index (χ1n) is 5.73. The van der Waals surface area contributed by atoms with Crippen molar-refractivity contribution < 1.29 is 0 Å². The number of rotatable bonds is 8. The standard InChI is InChI=1S/C11H26N2.12CH4/c1-5-12(6-2)10-9-11-13(7-3)8-4;;;;;;;;;;;;/h5-11H2,1-4H3;12*1H4. The van der Waals surface area contributed by atoms with Crippen LogP contribution >= 0.6 is 0 Å². The Morgan fingerprint density at radius 2 is 0.520 bits per heavy atom. The second-order valence-corrected chi connectivity index (χ2v) is 3.41. The smallest absolute Gasteiger partial charge is 0.000678 e. The Labute approximate surface area is 172 Å². The summed E-state index contributed by atoms with van der Waals surface area (Å²) in [6.45, 7) is 16.2. The Morgan fingerprint density at radius 1 is 0.360 bits per heavy atom. The van der Waals surface area contributed by atoms with E-state index >= 15 is 0 Å². The summed E-state index contributed by atoms with van der Waals surface area (Å²) in [5.41, 5.74) is 0. The summed E-state index contributed by atoms with van der Waals surface area (Å²) < 4.78 is 0. The summed E-state index contributed by atoms with van der Waals surface area (Å²) in [6.07, 6.45) is 1.31. The van der Waals surface area contributed by atoms with Crippen molar-refractivity contribution in [3.8, 4) is 0 Å². The van der Waals surface area contributed by atoms with Crippen LogP contribution in [0.2, 0.25) is 0 Å². The van der Waals surface area contributed by atoms with Crippen molar-refractivity contribution in [1.82, 2.24) is 9.80 Å². The van der Waals surface area contributed by atoms with Crippen molar-refractivity contribution >= 4 is 0 Å². The van der Waals surface area contributed by atoms with E-state index in [4.69, 9.17) is 0 Å². The third-order valence-electron chi connectivity index (χ3n) is 2.74. The average molecular weight is 379 g/mol. The zero-order chi connectivity index (χ0) is 10.1. The van der Waals surface area contributed by atoms with Gasteiger partial charge < -0.3 is 9.80 Å². The van der Waals surface area contributed by atoms with Crippen LogP contribution in [0.25, 0.3) is 0 Å². The highest BCUT2D eigenvalue weighted by Gasteiger charge is 2.01. The van der Waals surface area contributed by atoms with Gasteiger partial charge in [0, 0.05) is 0 Å². The van der Waals surface area contributed by atoms with E-state index in [1.807, 2.05) is 0 Å². The minimum atomic E-state index is 0. The molecule has 0 radical (unpaired) electrons. The molecule has 0 atom stereocenters. The van der Waals surface area contributed by atoms with E-state index in [0.717, 1.165) is 0 Å². The molecule has 0 aromatic carbocycles. The van der Waals surface area contributed by atoms with E-state index in [2.05, 4.69) is 37.5 Å². The van der Waals surface area contributed by atoms with E-state index in [0.29, 0.717) is 0 Å². The molecule has 0 bridgehead atoms. The normalized spacial score (nSPS) is 6.00. The average Bonchev–Trinajstić information content (AvgIpc) is 2.19. The molecule has 0 fully saturated rings. The van der Waals surface area contributed by atoms with Gasteiger partial charge in [0.2, 0.25) is 0 Å². The summed E-state index contributed by atoms with van der Waals surface area (Å²) in [6, 6.07) is 0. The highest BCUT2D eigenvalue weighted by molar-refractivity contribution is 4.57. The topological polar surface area (TPSA) is 6.48 Å². The molecule has 2 heteroatoms. The molecule has 0 saturated heterocycles. The van der Waals surface area contributed by atoms with Crippen molar-refractivity contribution in [3.05, 3.63) is 0 Å². The zero-order valence-electron chi connectivity index (χ0n) is 9.84. The van der Waals surface area contributed by atoms with Crippen LogP contribution in [0.4, 0.5) is 0 Å². The summed E-state index contributed by atoms with van der Waals surface area (Å²) >= 11 is 0. The summed E-state index contributed by atoms with van der Waals surface area (Å²) in [7, 11) is 0. The SMILES string of the molecule is C.C.C.C.C.C.C.C.C.C.C.C.CCN(CC)CCCN(CC)CC. The monoisotopic (exact) mass is 379 g/mol. The molecule has 25 heavy (non-hydrogen) atoms. The predicted molar refractivity (Wildman–Crippen MR) is 141 cm³/mol. The lowest BCUT2D eigenvalue weighted by Crippen LogP contribution is -2.29. The van der Waals surface area contributed by atoms with Crippen molar-refractivity contribution in [3.63, 3.8) is 0 Å². The van der Waals surface area contributed by atoms with Gasteiger partial charge in [-0.3, -0.25) is 0 Å². The Hall–Kier alpha value is -0.0800. The fraction of sp³-hybridized carbons (Fsp3) is 1.00. The third kappa shape index (κ3) is 59.3. The molecule has 0 saturated carbocycles. The van der Waals surface area contributed by atoms with Crippen LogP contribution in [-0.2, 0) is 0 Å². The van der Waals surface area contributed by atoms with Gasteiger partial charge >= 0.3 is 0 Å². The zero-order valence-corrected chi connectivity index (χ0v) is 9.84. The minimum absolute atomic E-state index is 0. The Balaban J connectivity index is -0.0000000109. The maximum Gasteiger partial charge on any atom is -0.000678 e. The first kappa shape index (κ1) is 100. The molecular weight excluding hydrogens is 304 g/mol. The summed E-state index contributed by atoms with van der Waals surface area (Å²) in [4.78, 5) is 4.98. The molecule has 0 aliphatic carbocycles. The van der Waals surface area contributed by atoms with Gasteiger partial charge in [0.25, 0.3) is 0 Å². The molecule has 0 aliphatic rings. The van der Waals surface area contributed by atoms with Gasteiger partial charge in [0.1, 0.15) is 0 Å². The molecule has 0 spiro atoms. The number of hydrogen-bond donors (Lipinski definition) is 0. The Morgan fingerprint density at radius 3 is 0.640 bits per heavy atom. The van der Waals surface area contributed by atoms with Gasteiger partial charge in [-0.05, 0) is 45.7 Å². The van der Waals surface area contributed by atoms with Gasteiger partial charge in [-0.1, -0.05) is 117 Å². The van der Waals surface area contributed by atoms with Crippen LogP contribution in [0.1, 0.15) is 123 Å². The van der Waals surface area contributed by atoms with Crippen LogP contribution in [-0.4, -0.2) is 49.1 Å². The van der Waals surface area contributed by atoms with E-state index in [-0.39, 0.29) is 89.1 Å². The van der Waals surface area contributed by atoms with Crippen LogP contribution in [0.5, 0.6) is 0 Å². The maximum absolute atomic E-state index is 2.49. The quantitative estimate of drug-likeness (QED) is 0.414. The van der Waals surface area contributed by atoms with E-state index in [9.17, 15) is 0 Å². The lowest BCUT2D eigenvalue weighted by molar-refractivity contribution is 0.250. The largest absolute Gasteiger partial charge is 0.304 e. The van der Waals surface area contributed by atoms with E-state index < -0.39 is 0 Å². The van der Waals surface area contributed by atoms with E-state index in [1.165, 1.54) is 45.7 Å². The number of hydrogen-bond acceptors (Lipinski definition) is 2. The first-order valence-corrected chi connectivity index (χ1v) is 5.73. The highest BCUT2D eigenvalue weighted by Crippen LogP contribution is 1.94. The first-order chi connectivity index (χ1) is 6.28. The second kappa shape index (κ2) is 75.3. The van der Waals surface area contributed by atoms with Gasteiger partial charge in [-0.15, -0.1) is 0 Å². The van der Waals surface area contributed by atoms with E-state index in [1.54, 1.807) is 0 Å². The van der Waals surface area contributed by atoms with Crippen molar-refractivity contribution in [2.24, 2.45) is 0 Å². The van der Waals surface area contributed by atoms with Gasteiger partial charge in [-0.2, -0.15) is 0 Å². The molecule has 0 amide bonds. The second-order valence-electron chi connectivity index (χ2n) is 3.41. The van der Waals surface area contributed by atoms with Crippen LogP contribution in [0.15, 0.2) is 0 Å². The Bertz CT molecular complexity index is 86.3. The Kier molecular flexibility index (Phi) is 302. The lowest BCUT2D eigenvalue weighted by atomic mass is 10.3. The van der Waals surface area contributed by atoms with Gasteiger partial charge in [-0.25, -0.2) is 0 Å². The molecule has 0 unspecified atom stereocenters. The maximum atomic E-state index is 2.49. The molecule has 0 N–H and O–H groups in total. The molecule has 0 heterocycles. The van der Waals surface area contributed by atoms with Gasteiger partial charge in [0.05, 0.1) is 0 Å². The molecule has 0 aromatic rings. The van der Waals surface area contributed by atoms with Crippen molar-refractivity contribution in [2.75, 3.05) is 39.3 Å². The molecule has 176 valence electrons. The predicted octanol–water partition coefficient (Wildman–Crippen LogP) is 9.69. The van der Waals surface area contributed by atoms with Gasteiger partial charge in [0.15, 0.2) is 0 Å². The summed E-state index contributed by atoms with van der Waals surface area (Å²) in [5, 5.41) is 0. The molecule has 2 nitrogen and oxygen atoms in total. The lowest BCUT2D eigenvalue weighted by Gasteiger charge is -2.21. The third-order valence-corrected chi connectivity index (χ3v) is 2.74. The minimum Gasteiger partial charge on any atom is -0.304 e. The molecule has 0 aromatic heterocycles. The number of nitrogens with zero attached hydrogens (tertiary/aromatic N) is 2.